The zero-order valence-corrected chi connectivity index (χ0v) is 21.2. The van der Waals surface area contributed by atoms with Gasteiger partial charge in [0.05, 0.1) is 16.1 Å². The minimum atomic E-state index is -0.655. The Morgan fingerprint density at radius 2 is 1.08 bits per heavy atom. The molecule has 0 bridgehead atoms. The largest absolute Gasteiger partial charge is 0.423 e. The Labute approximate surface area is 217 Å². The van der Waals surface area contributed by atoms with Crippen molar-refractivity contribution in [2.24, 2.45) is 0 Å². The number of ether oxygens (including phenoxy) is 2. The summed E-state index contributed by atoms with van der Waals surface area (Å²) in [6.07, 6.45) is 11.3. The van der Waals surface area contributed by atoms with Crippen LogP contribution in [0.5, 0.6) is 11.5 Å². The van der Waals surface area contributed by atoms with E-state index in [1.807, 2.05) is 12.1 Å². The van der Waals surface area contributed by atoms with Crippen LogP contribution in [0, 0.1) is 10.1 Å². The molecule has 0 heterocycles. The van der Waals surface area contributed by atoms with Crippen LogP contribution in [0.25, 0.3) is 0 Å². The standard InChI is InChI=1S/C30H33NO6/c1-2-3-4-5-6-7-8-9-10-23-11-19-27(20-12-23)36-30(33)25-15-21-28(22-16-25)37-29(32)24-13-17-26(18-14-24)31(34)35/h11-22H,2-10H2,1H3. The Balaban J connectivity index is 1.42. The van der Waals surface area contributed by atoms with Crippen molar-refractivity contribution in [3.63, 3.8) is 0 Å². The van der Waals surface area contributed by atoms with Gasteiger partial charge in [-0.1, -0.05) is 64.0 Å². The molecule has 194 valence electrons. The van der Waals surface area contributed by atoms with Crippen molar-refractivity contribution >= 4 is 17.6 Å². The van der Waals surface area contributed by atoms with Gasteiger partial charge in [0.1, 0.15) is 11.5 Å². The van der Waals surface area contributed by atoms with Gasteiger partial charge >= 0.3 is 11.9 Å². The molecular weight excluding hydrogens is 470 g/mol. The summed E-state index contributed by atoms with van der Waals surface area (Å²) in [5.41, 5.74) is 1.61. The SMILES string of the molecule is CCCCCCCCCCc1ccc(OC(=O)c2ccc(OC(=O)c3ccc([N+](=O)[O-])cc3)cc2)cc1. The first-order valence-corrected chi connectivity index (χ1v) is 12.8. The highest BCUT2D eigenvalue weighted by Crippen LogP contribution is 2.20. The van der Waals surface area contributed by atoms with E-state index in [0.29, 0.717) is 11.3 Å². The monoisotopic (exact) mass is 503 g/mol. The minimum Gasteiger partial charge on any atom is -0.423 e. The summed E-state index contributed by atoms with van der Waals surface area (Å²) >= 11 is 0. The molecule has 0 aromatic heterocycles. The molecule has 7 heteroatoms. The van der Waals surface area contributed by atoms with Gasteiger partial charge in [0, 0.05) is 12.1 Å². The zero-order valence-electron chi connectivity index (χ0n) is 21.2. The molecule has 37 heavy (non-hydrogen) atoms. The van der Waals surface area contributed by atoms with Crippen molar-refractivity contribution in [2.75, 3.05) is 0 Å². The minimum absolute atomic E-state index is 0.113. The summed E-state index contributed by atoms with van der Waals surface area (Å²) in [6.45, 7) is 2.23. The first kappa shape index (κ1) is 27.6. The molecular formula is C30H33NO6. The number of hydrogen-bond donors (Lipinski definition) is 0. The maximum atomic E-state index is 12.5. The van der Waals surface area contributed by atoms with E-state index < -0.39 is 16.9 Å². The lowest BCUT2D eigenvalue weighted by Gasteiger charge is -2.08. The smallest absolute Gasteiger partial charge is 0.343 e. The molecule has 0 amide bonds. The van der Waals surface area contributed by atoms with Crippen molar-refractivity contribution in [1.82, 2.24) is 0 Å². The van der Waals surface area contributed by atoms with E-state index in [-0.39, 0.29) is 17.0 Å². The number of carbonyl (C=O) groups excluding carboxylic acids is 2. The van der Waals surface area contributed by atoms with Crippen molar-refractivity contribution in [1.29, 1.82) is 0 Å². The summed E-state index contributed by atoms with van der Waals surface area (Å²) < 4.78 is 10.7. The normalized spacial score (nSPS) is 10.6. The Hall–Kier alpha value is -4.00. The number of carbonyl (C=O) groups is 2. The van der Waals surface area contributed by atoms with Gasteiger partial charge in [0.2, 0.25) is 0 Å². The van der Waals surface area contributed by atoms with Gasteiger partial charge in [-0.25, -0.2) is 9.59 Å². The highest BCUT2D eigenvalue weighted by Gasteiger charge is 2.13. The number of nitro groups is 1. The molecule has 0 unspecified atom stereocenters. The van der Waals surface area contributed by atoms with Crippen molar-refractivity contribution in [3.8, 4) is 11.5 Å². The predicted molar refractivity (Wildman–Crippen MR) is 142 cm³/mol. The molecule has 3 rings (SSSR count). The molecule has 0 saturated heterocycles. The topological polar surface area (TPSA) is 95.7 Å². The molecule has 0 aliphatic rings. The van der Waals surface area contributed by atoms with Gasteiger partial charge in [-0.3, -0.25) is 10.1 Å². The number of nitrogens with zero attached hydrogens (tertiary/aromatic N) is 1. The van der Waals surface area contributed by atoms with E-state index in [2.05, 4.69) is 6.92 Å². The maximum Gasteiger partial charge on any atom is 0.343 e. The molecule has 0 N–H and O–H groups in total. The number of esters is 2. The molecule has 0 atom stereocenters. The van der Waals surface area contributed by atoms with E-state index in [4.69, 9.17) is 9.47 Å². The average Bonchev–Trinajstić information content (AvgIpc) is 2.91. The second-order valence-electron chi connectivity index (χ2n) is 8.98. The van der Waals surface area contributed by atoms with E-state index in [1.54, 1.807) is 12.1 Å². The fourth-order valence-electron chi connectivity index (χ4n) is 3.90. The predicted octanol–water partition coefficient (Wildman–Crippen LogP) is 7.72. The first-order chi connectivity index (χ1) is 18.0. The second-order valence-corrected chi connectivity index (χ2v) is 8.98. The lowest BCUT2D eigenvalue weighted by atomic mass is 10.0. The van der Waals surface area contributed by atoms with Gasteiger partial charge in [0.15, 0.2) is 0 Å². The van der Waals surface area contributed by atoms with Crippen molar-refractivity contribution in [2.45, 2.75) is 64.7 Å². The molecule has 0 radical (unpaired) electrons. The summed E-state index contributed by atoms with van der Waals surface area (Å²) in [4.78, 5) is 34.9. The van der Waals surface area contributed by atoms with Crippen LogP contribution in [0.1, 0.15) is 84.6 Å². The summed E-state index contributed by atoms with van der Waals surface area (Å²) in [5, 5.41) is 10.7. The van der Waals surface area contributed by atoms with Gasteiger partial charge in [-0.2, -0.15) is 0 Å². The Bertz CT molecular complexity index is 1150. The quantitative estimate of drug-likeness (QED) is 0.0735. The third-order valence-electron chi connectivity index (χ3n) is 6.07. The second kappa shape index (κ2) is 14.5. The number of rotatable bonds is 14. The molecule has 3 aromatic carbocycles. The van der Waals surface area contributed by atoms with E-state index >= 15 is 0 Å². The number of non-ortho nitro benzene ring substituents is 1. The number of unbranched alkanes of at least 4 members (excludes halogenated alkanes) is 7. The molecule has 0 saturated carbocycles. The number of benzene rings is 3. The van der Waals surface area contributed by atoms with Crippen LogP contribution in [0.4, 0.5) is 5.69 Å². The fraction of sp³-hybridized carbons (Fsp3) is 0.333. The summed E-state index contributed by atoms with van der Waals surface area (Å²) in [5.74, 6) is -0.454. The molecule has 0 aliphatic carbocycles. The molecule has 3 aromatic rings. The molecule has 0 fully saturated rings. The lowest BCUT2D eigenvalue weighted by molar-refractivity contribution is -0.384. The van der Waals surface area contributed by atoms with Crippen molar-refractivity contribution < 1.29 is 24.0 Å². The number of hydrogen-bond acceptors (Lipinski definition) is 6. The van der Waals surface area contributed by atoms with Crippen LogP contribution in [-0.2, 0) is 6.42 Å². The van der Waals surface area contributed by atoms with Crippen molar-refractivity contribution in [3.05, 3.63) is 99.6 Å². The van der Waals surface area contributed by atoms with E-state index in [1.165, 1.54) is 99.0 Å². The number of nitro benzene ring substituents is 1. The van der Waals surface area contributed by atoms with Gasteiger partial charge < -0.3 is 9.47 Å². The highest BCUT2D eigenvalue weighted by atomic mass is 16.6. The van der Waals surface area contributed by atoms with Crippen LogP contribution >= 0.6 is 0 Å². The third kappa shape index (κ3) is 9.18. The Morgan fingerprint density at radius 3 is 1.57 bits per heavy atom. The van der Waals surface area contributed by atoms with Crippen LogP contribution in [0.3, 0.4) is 0 Å². The van der Waals surface area contributed by atoms with Gasteiger partial charge in [-0.15, -0.1) is 0 Å². The third-order valence-corrected chi connectivity index (χ3v) is 6.07. The Kier molecular flexibility index (Phi) is 10.8. The maximum absolute atomic E-state index is 12.5. The van der Waals surface area contributed by atoms with Gasteiger partial charge in [0.25, 0.3) is 5.69 Å². The first-order valence-electron chi connectivity index (χ1n) is 12.8. The summed E-state index contributed by atoms with van der Waals surface area (Å²) in [6, 6.07) is 18.7. The summed E-state index contributed by atoms with van der Waals surface area (Å²) in [7, 11) is 0. The van der Waals surface area contributed by atoms with Crippen LogP contribution in [-0.4, -0.2) is 16.9 Å². The Morgan fingerprint density at radius 1 is 0.649 bits per heavy atom. The van der Waals surface area contributed by atoms with Crippen LogP contribution in [0.2, 0.25) is 0 Å². The zero-order chi connectivity index (χ0) is 26.5. The molecule has 0 aliphatic heterocycles. The van der Waals surface area contributed by atoms with E-state index in [0.717, 1.165) is 12.8 Å². The average molecular weight is 504 g/mol. The van der Waals surface area contributed by atoms with Crippen LogP contribution < -0.4 is 9.47 Å². The highest BCUT2D eigenvalue weighted by molar-refractivity contribution is 5.92. The fourth-order valence-corrected chi connectivity index (χ4v) is 3.90. The number of aryl methyl sites for hydroxylation is 1. The van der Waals surface area contributed by atoms with Gasteiger partial charge in [-0.05, 0) is 66.9 Å². The lowest BCUT2D eigenvalue weighted by Crippen LogP contribution is -2.10. The molecule has 0 spiro atoms. The van der Waals surface area contributed by atoms with E-state index in [9.17, 15) is 19.7 Å². The van der Waals surface area contributed by atoms with Crippen LogP contribution in [0.15, 0.2) is 72.8 Å². The molecule has 7 nitrogen and oxygen atoms in total.